The second kappa shape index (κ2) is 10.1. The van der Waals surface area contributed by atoms with Crippen molar-refractivity contribution in [3.63, 3.8) is 0 Å². The lowest BCUT2D eigenvalue weighted by atomic mass is 10.0. The van der Waals surface area contributed by atoms with Crippen molar-refractivity contribution in [1.29, 1.82) is 0 Å². The van der Waals surface area contributed by atoms with Gasteiger partial charge < -0.3 is 14.6 Å². The topological polar surface area (TPSA) is 72.8 Å². The molecule has 0 aromatic heterocycles. The largest absolute Gasteiger partial charge is 0.507 e. The van der Waals surface area contributed by atoms with Gasteiger partial charge in [-0.05, 0) is 54.5 Å². The fraction of sp³-hybridized carbons (Fsp3) is 0.120. The van der Waals surface area contributed by atoms with Crippen molar-refractivity contribution >= 4 is 17.8 Å². The van der Waals surface area contributed by atoms with Gasteiger partial charge in [0.15, 0.2) is 5.78 Å². The zero-order valence-corrected chi connectivity index (χ0v) is 16.6. The molecule has 3 aromatic carbocycles. The highest BCUT2D eigenvalue weighted by molar-refractivity contribution is 6.09. The summed E-state index contributed by atoms with van der Waals surface area (Å²) in [4.78, 5) is 24.3. The van der Waals surface area contributed by atoms with Crippen molar-refractivity contribution in [3.05, 3.63) is 101 Å². The Hall–Kier alpha value is -3.86. The van der Waals surface area contributed by atoms with Crippen LogP contribution in [0, 0.1) is 0 Å². The Labute approximate surface area is 175 Å². The van der Waals surface area contributed by atoms with Crippen LogP contribution in [-0.4, -0.2) is 23.5 Å². The number of phenolic OH excluding ortho intramolecular Hbond substituents is 1. The van der Waals surface area contributed by atoms with Gasteiger partial charge >= 0.3 is 5.97 Å². The van der Waals surface area contributed by atoms with Crippen LogP contribution in [0.5, 0.6) is 11.5 Å². The van der Waals surface area contributed by atoms with Gasteiger partial charge in [-0.25, -0.2) is 4.79 Å². The molecule has 0 bridgehead atoms. The molecule has 0 aliphatic carbocycles. The van der Waals surface area contributed by atoms with E-state index < -0.39 is 11.8 Å². The molecule has 0 heterocycles. The van der Waals surface area contributed by atoms with Gasteiger partial charge in [0, 0.05) is 0 Å². The molecule has 0 spiro atoms. The maximum Gasteiger partial charge on any atom is 0.338 e. The van der Waals surface area contributed by atoms with E-state index in [2.05, 4.69) is 0 Å². The minimum Gasteiger partial charge on any atom is -0.507 e. The minimum absolute atomic E-state index is 0.0413. The smallest absolute Gasteiger partial charge is 0.338 e. The van der Waals surface area contributed by atoms with Gasteiger partial charge in [-0.1, -0.05) is 48.5 Å². The third kappa shape index (κ3) is 5.58. The molecule has 0 saturated carbocycles. The van der Waals surface area contributed by atoms with Crippen molar-refractivity contribution < 1.29 is 24.2 Å². The van der Waals surface area contributed by atoms with Crippen molar-refractivity contribution in [2.24, 2.45) is 0 Å². The quantitative estimate of drug-likeness (QED) is 0.324. The number of ketones is 1. The van der Waals surface area contributed by atoms with E-state index in [1.807, 2.05) is 54.6 Å². The van der Waals surface area contributed by atoms with Gasteiger partial charge in [-0.15, -0.1) is 0 Å². The van der Waals surface area contributed by atoms with Crippen LogP contribution in [0.1, 0.15) is 38.8 Å². The zero-order chi connectivity index (χ0) is 21.3. The van der Waals surface area contributed by atoms with Crippen molar-refractivity contribution in [3.8, 4) is 11.5 Å². The van der Waals surface area contributed by atoms with E-state index in [4.69, 9.17) is 9.47 Å². The Balaban J connectivity index is 1.64. The van der Waals surface area contributed by atoms with E-state index in [1.54, 1.807) is 13.0 Å². The monoisotopic (exact) mass is 402 g/mol. The van der Waals surface area contributed by atoms with E-state index >= 15 is 0 Å². The van der Waals surface area contributed by atoms with Gasteiger partial charge in [0.1, 0.15) is 18.1 Å². The summed E-state index contributed by atoms with van der Waals surface area (Å²) < 4.78 is 10.7. The molecule has 0 atom stereocenters. The van der Waals surface area contributed by atoms with Crippen LogP contribution < -0.4 is 4.74 Å². The summed E-state index contributed by atoms with van der Waals surface area (Å²) in [5, 5.41) is 9.98. The number of rotatable bonds is 8. The second-order valence-corrected chi connectivity index (χ2v) is 6.49. The molecule has 0 unspecified atom stereocenters. The van der Waals surface area contributed by atoms with Crippen LogP contribution in [-0.2, 0) is 11.3 Å². The molecule has 3 aromatic rings. The number of benzene rings is 3. The number of ether oxygens (including phenoxy) is 2. The predicted octanol–water partition coefficient (Wildman–Crippen LogP) is 5.04. The molecule has 0 saturated heterocycles. The number of phenols is 1. The summed E-state index contributed by atoms with van der Waals surface area (Å²) in [6, 6.07) is 21.3. The second-order valence-electron chi connectivity index (χ2n) is 6.49. The summed E-state index contributed by atoms with van der Waals surface area (Å²) in [7, 11) is 0. The Kier molecular flexibility index (Phi) is 7.00. The number of aromatic hydroxyl groups is 1. The first-order chi connectivity index (χ1) is 14.6. The number of allylic oxidation sites excluding steroid dienone is 1. The summed E-state index contributed by atoms with van der Waals surface area (Å²) in [6.07, 6.45) is 2.99. The molecule has 0 amide bonds. The van der Waals surface area contributed by atoms with Crippen LogP contribution in [0.4, 0.5) is 0 Å². The van der Waals surface area contributed by atoms with Crippen molar-refractivity contribution in [2.75, 3.05) is 6.61 Å². The fourth-order valence-electron chi connectivity index (χ4n) is 2.75. The average Bonchev–Trinajstić information content (AvgIpc) is 2.78. The maximum absolute atomic E-state index is 12.5. The normalized spacial score (nSPS) is 10.7. The Morgan fingerprint density at radius 1 is 0.967 bits per heavy atom. The van der Waals surface area contributed by atoms with Gasteiger partial charge in [-0.2, -0.15) is 0 Å². The molecule has 152 valence electrons. The van der Waals surface area contributed by atoms with E-state index in [0.717, 1.165) is 16.9 Å². The molecule has 0 radical (unpaired) electrons. The molecule has 1 N–H and O–H groups in total. The van der Waals surface area contributed by atoms with Crippen LogP contribution >= 0.6 is 0 Å². The lowest BCUT2D eigenvalue weighted by molar-refractivity contribution is 0.0526. The minimum atomic E-state index is -0.540. The van der Waals surface area contributed by atoms with Gasteiger partial charge in [-0.3, -0.25) is 4.79 Å². The van der Waals surface area contributed by atoms with Gasteiger partial charge in [0.25, 0.3) is 0 Å². The van der Waals surface area contributed by atoms with Crippen molar-refractivity contribution in [1.82, 2.24) is 0 Å². The molecule has 0 aliphatic rings. The summed E-state index contributed by atoms with van der Waals surface area (Å²) >= 11 is 0. The van der Waals surface area contributed by atoms with Crippen LogP contribution in [0.15, 0.2) is 78.9 Å². The number of carbonyl (C=O) groups is 2. The van der Waals surface area contributed by atoms with Crippen LogP contribution in [0.2, 0.25) is 0 Å². The highest BCUT2D eigenvalue weighted by atomic mass is 16.5. The van der Waals surface area contributed by atoms with Crippen LogP contribution in [0.3, 0.4) is 0 Å². The number of esters is 1. The maximum atomic E-state index is 12.5. The Morgan fingerprint density at radius 2 is 1.70 bits per heavy atom. The Morgan fingerprint density at radius 3 is 2.40 bits per heavy atom. The van der Waals surface area contributed by atoms with E-state index in [-0.39, 0.29) is 23.5 Å². The van der Waals surface area contributed by atoms with Crippen LogP contribution in [0.25, 0.3) is 6.08 Å². The molecular formula is C25H22O5. The van der Waals surface area contributed by atoms with Crippen molar-refractivity contribution in [2.45, 2.75) is 13.5 Å². The van der Waals surface area contributed by atoms with E-state index in [0.29, 0.717) is 6.61 Å². The molecule has 3 rings (SSSR count). The summed E-state index contributed by atoms with van der Waals surface area (Å²) in [5.74, 6) is -0.422. The molecule has 0 aliphatic heterocycles. The highest BCUT2D eigenvalue weighted by Gasteiger charge is 2.14. The molecular weight excluding hydrogens is 380 g/mol. The first-order valence-corrected chi connectivity index (χ1v) is 9.56. The molecule has 5 nitrogen and oxygen atoms in total. The van der Waals surface area contributed by atoms with E-state index in [1.165, 1.54) is 24.3 Å². The fourth-order valence-corrected chi connectivity index (χ4v) is 2.75. The Bertz CT molecular complexity index is 1040. The van der Waals surface area contributed by atoms with Gasteiger partial charge in [0.2, 0.25) is 0 Å². The molecule has 30 heavy (non-hydrogen) atoms. The average molecular weight is 402 g/mol. The van der Waals surface area contributed by atoms with Gasteiger partial charge in [0.05, 0.1) is 17.7 Å². The van der Waals surface area contributed by atoms with E-state index in [9.17, 15) is 14.7 Å². The third-order valence-corrected chi connectivity index (χ3v) is 4.33. The first-order valence-electron chi connectivity index (χ1n) is 9.56. The summed E-state index contributed by atoms with van der Waals surface area (Å²) in [6.45, 7) is 2.41. The molecule has 0 fully saturated rings. The number of carbonyl (C=O) groups excluding carboxylic acids is 2. The lowest BCUT2D eigenvalue weighted by Gasteiger charge is -2.06. The predicted molar refractivity (Wildman–Crippen MR) is 115 cm³/mol. The lowest BCUT2D eigenvalue weighted by Crippen LogP contribution is -2.06. The zero-order valence-electron chi connectivity index (χ0n) is 16.6. The SMILES string of the molecule is CCOC(=O)c1ccc(O)c(C(=O)/C=C/c2ccc(OCc3ccccc3)cc2)c1. The first kappa shape index (κ1) is 20.9. The number of hydrogen-bond donors (Lipinski definition) is 1. The molecule has 5 heteroatoms. The third-order valence-electron chi connectivity index (χ3n) is 4.33. The summed E-state index contributed by atoms with van der Waals surface area (Å²) in [5.41, 5.74) is 2.14. The standard InChI is InChI=1S/C25H22O5/c1-2-29-25(28)20-11-15-24(27)22(16-20)23(26)14-10-18-8-12-21(13-9-18)30-17-19-6-4-3-5-7-19/h3-16,27H,2,17H2,1H3/b14-10+. The number of hydrogen-bond acceptors (Lipinski definition) is 5. The highest BCUT2D eigenvalue weighted by Crippen LogP contribution is 2.21.